The van der Waals surface area contributed by atoms with Crippen LogP contribution in [-0.4, -0.2) is 28.2 Å². The molecule has 3 heterocycles. The van der Waals surface area contributed by atoms with E-state index in [1.54, 1.807) is 29.1 Å². The van der Waals surface area contributed by atoms with Crippen LogP contribution < -0.4 is 14.0 Å². The summed E-state index contributed by atoms with van der Waals surface area (Å²) in [6.45, 7) is 5.19. The zero-order valence-corrected chi connectivity index (χ0v) is 16.0. The van der Waals surface area contributed by atoms with E-state index in [1.165, 1.54) is 0 Å². The Morgan fingerprint density at radius 2 is 2.00 bits per heavy atom. The SMILES string of the molecule is Cc1cc(C(=O)C[n+]2cccc(O)c2)c(C)n1C[C@H]1COc2ccccc2O1. The van der Waals surface area contributed by atoms with Crippen LogP contribution in [0.15, 0.2) is 54.9 Å². The van der Waals surface area contributed by atoms with Crippen LogP contribution in [0.2, 0.25) is 0 Å². The van der Waals surface area contributed by atoms with E-state index in [0.717, 1.165) is 22.9 Å². The van der Waals surface area contributed by atoms with Crippen LogP contribution in [0.25, 0.3) is 0 Å². The molecule has 1 aliphatic rings. The summed E-state index contributed by atoms with van der Waals surface area (Å²) in [7, 11) is 0. The van der Waals surface area contributed by atoms with Crippen molar-refractivity contribution < 1.29 is 23.9 Å². The zero-order valence-electron chi connectivity index (χ0n) is 16.0. The molecule has 1 N–H and O–H groups in total. The number of para-hydroxylation sites is 2. The van der Waals surface area contributed by atoms with Gasteiger partial charge in [0.1, 0.15) is 6.61 Å². The molecule has 0 aliphatic carbocycles. The second-order valence-corrected chi connectivity index (χ2v) is 7.05. The van der Waals surface area contributed by atoms with Crippen molar-refractivity contribution in [1.29, 1.82) is 0 Å². The number of aryl methyl sites for hydroxylation is 1. The highest BCUT2D eigenvalue weighted by Gasteiger charge is 2.24. The lowest BCUT2D eigenvalue weighted by molar-refractivity contribution is -0.683. The third kappa shape index (κ3) is 3.58. The number of aromatic nitrogens is 2. The smallest absolute Gasteiger partial charge is 0.229 e. The molecule has 1 aromatic carbocycles. The summed E-state index contributed by atoms with van der Waals surface area (Å²) in [5.41, 5.74) is 2.60. The standard InChI is InChI=1S/C22H22N2O4/c1-15-10-19(20(26)13-23-9-5-6-17(25)11-23)16(2)24(15)12-18-14-27-21-7-3-4-8-22(21)28-18/h3-11,18H,12-14H2,1-2H3/p+1/t18-/m0/s1. The van der Waals surface area contributed by atoms with Crippen LogP contribution in [0.3, 0.4) is 0 Å². The van der Waals surface area contributed by atoms with Gasteiger partial charge in [-0.05, 0) is 38.1 Å². The van der Waals surface area contributed by atoms with Crippen LogP contribution >= 0.6 is 0 Å². The Balaban J connectivity index is 1.51. The van der Waals surface area contributed by atoms with Crippen molar-refractivity contribution in [2.45, 2.75) is 33.0 Å². The minimum Gasteiger partial charge on any atom is -0.503 e. The van der Waals surface area contributed by atoms with Gasteiger partial charge in [0.25, 0.3) is 0 Å². The van der Waals surface area contributed by atoms with Gasteiger partial charge in [0.15, 0.2) is 29.5 Å². The molecule has 144 valence electrons. The van der Waals surface area contributed by atoms with Crippen LogP contribution in [0, 0.1) is 13.8 Å². The van der Waals surface area contributed by atoms with Crippen molar-refractivity contribution in [3.8, 4) is 17.2 Å². The first kappa shape index (κ1) is 18.1. The summed E-state index contributed by atoms with van der Waals surface area (Å²) in [5, 5.41) is 9.59. The van der Waals surface area contributed by atoms with E-state index in [9.17, 15) is 9.90 Å². The van der Waals surface area contributed by atoms with Crippen LogP contribution in [0.1, 0.15) is 21.7 Å². The summed E-state index contributed by atoms with van der Waals surface area (Å²) in [4.78, 5) is 12.8. The zero-order chi connectivity index (χ0) is 19.7. The number of pyridine rings is 1. The largest absolute Gasteiger partial charge is 0.503 e. The van der Waals surface area contributed by atoms with E-state index in [4.69, 9.17) is 9.47 Å². The van der Waals surface area contributed by atoms with E-state index in [1.807, 2.05) is 44.2 Å². The molecule has 0 saturated carbocycles. The number of ether oxygens (including phenoxy) is 2. The number of fused-ring (bicyclic) bond motifs is 1. The molecule has 0 unspecified atom stereocenters. The van der Waals surface area contributed by atoms with Crippen molar-refractivity contribution in [3.63, 3.8) is 0 Å². The highest BCUT2D eigenvalue weighted by Crippen LogP contribution is 2.31. The molecule has 1 aliphatic heterocycles. The molecular formula is C22H23N2O4+. The Labute approximate surface area is 163 Å². The third-order valence-corrected chi connectivity index (χ3v) is 5.00. The van der Waals surface area contributed by atoms with Gasteiger partial charge in [-0.1, -0.05) is 12.1 Å². The fourth-order valence-corrected chi connectivity index (χ4v) is 3.58. The van der Waals surface area contributed by atoms with Crippen molar-refractivity contribution in [2.24, 2.45) is 0 Å². The highest BCUT2D eigenvalue weighted by molar-refractivity contribution is 5.96. The summed E-state index contributed by atoms with van der Waals surface area (Å²) in [6, 6.07) is 12.9. The lowest BCUT2D eigenvalue weighted by Crippen LogP contribution is -2.37. The molecule has 6 heteroatoms. The Kier molecular flexibility index (Phi) is 4.77. The van der Waals surface area contributed by atoms with Crippen molar-refractivity contribution in [3.05, 3.63) is 71.8 Å². The molecule has 0 amide bonds. The average molecular weight is 379 g/mol. The Hall–Kier alpha value is -3.28. The van der Waals surface area contributed by atoms with Gasteiger partial charge in [-0.3, -0.25) is 4.79 Å². The van der Waals surface area contributed by atoms with E-state index in [2.05, 4.69) is 4.57 Å². The molecule has 0 bridgehead atoms. The average Bonchev–Trinajstić information content (AvgIpc) is 2.96. The summed E-state index contributed by atoms with van der Waals surface area (Å²) < 4.78 is 15.6. The van der Waals surface area contributed by atoms with Gasteiger partial charge >= 0.3 is 0 Å². The van der Waals surface area contributed by atoms with Gasteiger partial charge in [0.2, 0.25) is 18.5 Å². The number of benzene rings is 1. The normalized spacial score (nSPS) is 15.4. The highest BCUT2D eigenvalue weighted by atomic mass is 16.6. The van der Waals surface area contributed by atoms with Crippen LogP contribution in [0.4, 0.5) is 0 Å². The third-order valence-electron chi connectivity index (χ3n) is 5.00. The number of nitrogens with zero attached hydrogens (tertiary/aromatic N) is 2. The van der Waals surface area contributed by atoms with Crippen molar-refractivity contribution >= 4 is 5.78 Å². The van der Waals surface area contributed by atoms with Crippen LogP contribution in [0.5, 0.6) is 17.2 Å². The first-order valence-electron chi connectivity index (χ1n) is 9.28. The molecule has 0 fully saturated rings. The second-order valence-electron chi connectivity index (χ2n) is 7.05. The number of rotatable bonds is 5. The van der Waals surface area contributed by atoms with Gasteiger partial charge in [-0.25, -0.2) is 0 Å². The number of carbonyl (C=O) groups excluding carboxylic acids is 1. The molecule has 3 aromatic rings. The maximum Gasteiger partial charge on any atom is 0.229 e. The molecule has 0 radical (unpaired) electrons. The first-order valence-corrected chi connectivity index (χ1v) is 9.28. The van der Waals surface area contributed by atoms with E-state index >= 15 is 0 Å². The summed E-state index contributed by atoms with van der Waals surface area (Å²) in [5.74, 6) is 1.65. The predicted molar refractivity (Wildman–Crippen MR) is 103 cm³/mol. The number of Topliss-reactive ketones (excluding diaryl/α,β-unsaturated/α-hetero) is 1. The van der Waals surface area contributed by atoms with Crippen LogP contribution in [-0.2, 0) is 13.1 Å². The Morgan fingerprint density at radius 3 is 2.79 bits per heavy atom. The lowest BCUT2D eigenvalue weighted by atomic mass is 10.1. The monoisotopic (exact) mass is 379 g/mol. The molecule has 6 nitrogen and oxygen atoms in total. The number of carbonyl (C=O) groups is 1. The molecular weight excluding hydrogens is 356 g/mol. The van der Waals surface area contributed by atoms with Crippen molar-refractivity contribution in [1.82, 2.24) is 4.57 Å². The number of hydrogen-bond donors (Lipinski definition) is 1. The van der Waals surface area contributed by atoms with E-state index in [-0.39, 0.29) is 24.2 Å². The maximum atomic E-state index is 12.8. The lowest BCUT2D eigenvalue weighted by Gasteiger charge is -2.27. The second kappa shape index (κ2) is 7.38. The Morgan fingerprint density at radius 1 is 1.21 bits per heavy atom. The number of aromatic hydroxyl groups is 1. The summed E-state index contributed by atoms with van der Waals surface area (Å²) >= 11 is 0. The van der Waals surface area contributed by atoms with Gasteiger partial charge in [0, 0.05) is 23.0 Å². The molecule has 2 aromatic heterocycles. The maximum absolute atomic E-state index is 12.8. The summed E-state index contributed by atoms with van der Waals surface area (Å²) in [6.07, 6.45) is 3.19. The van der Waals surface area contributed by atoms with Gasteiger partial charge in [0.05, 0.1) is 6.54 Å². The van der Waals surface area contributed by atoms with Crippen molar-refractivity contribution in [2.75, 3.05) is 6.61 Å². The predicted octanol–water partition coefficient (Wildman–Crippen LogP) is 2.82. The molecule has 0 spiro atoms. The molecule has 0 saturated heterocycles. The quantitative estimate of drug-likeness (QED) is 0.547. The van der Waals surface area contributed by atoms with E-state index in [0.29, 0.717) is 18.7 Å². The Bertz CT molecular complexity index is 1030. The first-order chi connectivity index (χ1) is 13.5. The number of hydrogen-bond acceptors (Lipinski definition) is 4. The number of ketones is 1. The molecule has 1 atom stereocenters. The topological polar surface area (TPSA) is 64.6 Å². The van der Waals surface area contributed by atoms with Gasteiger partial charge in [-0.15, -0.1) is 0 Å². The van der Waals surface area contributed by atoms with Gasteiger partial charge in [-0.2, -0.15) is 4.57 Å². The minimum absolute atomic E-state index is 0.00103. The molecule has 28 heavy (non-hydrogen) atoms. The van der Waals surface area contributed by atoms with Gasteiger partial charge < -0.3 is 19.1 Å². The molecule has 4 rings (SSSR count). The minimum atomic E-state index is -0.122. The fraction of sp³-hybridized carbons (Fsp3) is 0.273. The fourth-order valence-electron chi connectivity index (χ4n) is 3.58. The van der Waals surface area contributed by atoms with E-state index < -0.39 is 0 Å².